The van der Waals surface area contributed by atoms with E-state index in [1.165, 1.54) is 18.2 Å². The van der Waals surface area contributed by atoms with Crippen molar-refractivity contribution in [1.29, 1.82) is 0 Å². The van der Waals surface area contributed by atoms with Gasteiger partial charge in [-0.25, -0.2) is 17.9 Å². The molecular formula is C14H19BrN2O4S. The van der Waals surface area contributed by atoms with Crippen molar-refractivity contribution < 1.29 is 17.9 Å². The van der Waals surface area contributed by atoms with Crippen molar-refractivity contribution in [2.75, 3.05) is 19.7 Å². The molecule has 8 heteroatoms. The molecule has 2 N–H and O–H groups in total. The molecule has 0 aliphatic carbocycles. The van der Waals surface area contributed by atoms with Crippen LogP contribution in [-0.2, 0) is 14.8 Å². The number of hydrogen-bond donors (Lipinski definition) is 2. The number of hydrogen-bond acceptors (Lipinski definition) is 5. The molecule has 1 aromatic rings. The number of esters is 1. The van der Waals surface area contributed by atoms with Crippen molar-refractivity contribution in [2.45, 2.75) is 30.7 Å². The van der Waals surface area contributed by atoms with Gasteiger partial charge in [-0.2, -0.15) is 0 Å². The average Bonchev–Trinajstić information content (AvgIpc) is 2.47. The molecule has 0 bridgehead atoms. The van der Waals surface area contributed by atoms with E-state index in [2.05, 4.69) is 26.0 Å². The van der Waals surface area contributed by atoms with E-state index in [0.29, 0.717) is 16.6 Å². The number of nitrogens with one attached hydrogen (secondary N) is 2. The molecule has 0 saturated carbocycles. The molecule has 1 unspecified atom stereocenters. The third-order valence-electron chi connectivity index (χ3n) is 3.35. The number of ether oxygens (including phenoxy) is 1. The highest BCUT2D eigenvalue weighted by Gasteiger charge is 2.24. The van der Waals surface area contributed by atoms with Gasteiger partial charge in [0.05, 0.1) is 17.1 Å². The Morgan fingerprint density at radius 2 is 2.27 bits per heavy atom. The minimum Gasteiger partial charge on any atom is -0.462 e. The van der Waals surface area contributed by atoms with Gasteiger partial charge >= 0.3 is 5.97 Å². The van der Waals surface area contributed by atoms with E-state index in [9.17, 15) is 13.2 Å². The molecule has 1 aliphatic heterocycles. The second-order valence-corrected chi connectivity index (χ2v) is 7.57. The summed E-state index contributed by atoms with van der Waals surface area (Å²) in [5.41, 5.74) is 0.312. The fraction of sp³-hybridized carbons (Fsp3) is 0.500. The quantitative estimate of drug-likeness (QED) is 0.746. The monoisotopic (exact) mass is 390 g/mol. The molecule has 1 aliphatic rings. The first-order valence-electron chi connectivity index (χ1n) is 7.13. The zero-order chi connectivity index (χ0) is 16.2. The van der Waals surface area contributed by atoms with Crippen molar-refractivity contribution in [2.24, 2.45) is 0 Å². The average molecular weight is 391 g/mol. The molecular weight excluding hydrogens is 372 g/mol. The first-order chi connectivity index (χ1) is 10.4. The second-order valence-electron chi connectivity index (χ2n) is 5.03. The van der Waals surface area contributed by atoms with Crippen molar-refractivity contribution in [3.63, 3.8) is 0 Å². The standard InChI is InChI=1S/C14H19BrN2O4S/c1-2-21-14(18)10-5-6-13(12(15)8-10)22(19,20)17-11-4-3-7-16-9-11/h5-6,8,11,16-17H,2-4,7,9H2,1H3. The topological polar surface area (TPSA) is 84.5 Å². The van der Waals surface area contributed by atoms with Crippen LogP contribution >= 0.6 is 15.9 Å². The lowest BCUT2D eigenvalue weighted by molar-refractivity contribution is 0.0526. The summed E-state index contributed by atoms with van der Waals surface area (Å²) in [6.45, 7) is 3.52. The maximum atomic E-state index is 12.4. The van der Waals surface area contributed by atoms with E-state index < -0.39 is 16.0 Å². The van der Waals surface area contributed by atoms with Crippen LogP contribution in [0.2, 0.25) is 0 Å². The highest BCUT2D eigenvalue weighted by Crippen LogP contribution is 2.24. The molecule has 1 saturated heterocycles. The fourth-order valence-electron chi connectivity index (χ4n) is 2.30. The van der Waals surface area contributed by atoms with Crippen LogP contribution in [0, 0.1) is 0 Å². The molecule has 0 amide bonds. The Hall–Kier alpha value is -0.960. The van der Waals surface area contributed by atoms with Gasteiger partial charge in [-0.3, -0.25) is 0 Å². The van der Waals surface area contributed by atoms with Gasteiger partial charge in [0.15, 0.2) is 0 Å². The van der Waals surface area contributed by atoms with E-state index in [-0.39, 0.29) is 17.5 Å². The maximum Gasteiger partial charge on any atom is 0.338 e. The SMILES string of the molecule is CCOC(=O)c1ccc(S(=O)(=O)NC2CCCNC2)c(Br)c1. The normalized spacial score (nSPS) is 18.9. The van der Waals surface area contributed by atoms with Crippen LogP contribution < -0.4 is 10.0 Å². The molecule has 2 rings (SSSR count). The van der Waals surface area contributed by atoms with Gasteiger partial charge in [0.2, 0.25) is 10.0 Å². The first kappa shape index (κ1) is 17.4. The van der Waals surface area contributed by atoms with Crippen LogP contribution in [0.1, 0.15) is 30.1 Å². The van der Waals surface area contributed by atoms with Crippen molar-refractivity contribution in [1.82, 2.24) is 10.0 Å². The van der Waals surface area contributed by atoms with Crippen molar-refractivity contribution >= 4 is 31.9 Å². The van der Waals surface area contributed by atoms with Gasteiger partial charge in [-0.1, -0.05) is 0 Å². The lowest BCUT2D eigenvalue weighted by Gasteiger charge is -2.23. The Kier molecular flexibility index (Phi) is 5.96. The molecule has 1 fully saturated rings. The number of sulfonamides is 1. The molecule has 0 spiro atoms. The van der Waals surface area contributed by atoms with Crippen molar-refractivity contribution in [3.05, 3.63) is 28.2 Å². The molecule has 1 atom stereocenters. The second kappa shape index (κ2) is 7.54. The van der Waals surface area contributed by atoms with E-state index >= 15 is 0 Å². The van der Waals surface area contributed by atoms with Gasteiger partial charge < -0.3 is 10.1 Å². The third kappa shape index (κ3) is 4.28. The zero-order valence-corrected chi connectivity index (χ0v) is 14.7. The van der Waals surface area contributed by atoms with Crippen LogP contribution in [0.4, 0.5) is 0 Å². The summed E-state index contributed by atoms with van der Waals surface area (Å²) < 4.78 is 32.8. The maximum absolute atomic E-state index is 12.4. The lowest BCUT2D eigenvalue weighted by atomic mass is 10.1. The highest BCUT2D eigenvalue weighted by molar-refractivity contribution is 9.10. The molecule has 0 aromatic heterocycles. The van der Waals surface area contributed by atoms with E-state index in [1.807, 2.05) is 0 Å². The Morgan fingerprint density at radius 1 is 1.50 bits per heavy atom. The van der Waals surface area contributed by atoms with Gasteiger partial charge in [0, 0.05) is 17.1 Å². The molecule has 22 heavy (non-hydrogen) atoms. The Labute approximate surface area is 138 Å². The molecule has 6 nitrogen and oxygen atoms in total. The van der Waals surface area contributed by atoms with Gasteiger partial charge in [0.1, 0.15) is 0 Å². The van der Waals surface area contributed by atoms with Crippen LogP contribution in [0.25, 0.3) is 0 Å². The molecule has 1 heterocycles. The third-order valence-corrected chi connectivity index (χ3v) is 5.85. The van der Waals surface area contributed by atoms with Crippen LogP contribution in [0.15, 0.2) is 27.6 Å². The fourth-order valence-corrected chi connectivity index (χ4v) is 4.64. The molecule has 1 aromatic carbocycles. The smallest absolute Gasteiger partial charge is 0.338 e. The van der Waals surface area contributed by atoms with Gasteiger partial charge in [-0.15, -0.1) is 0 Å². The Balaban J connectivity index is 2.18. The lowest BCUT2D eigenvalue weighted by Crippen LogP contribution is -2.45. The first-order valence-corrected chi connectivity index (χ1v) is 9.41. The Morgan fingerprint density at radius 3 is 2.86 bits per heavy atom. The van der Waals surface area contributed by atoms with Crippen LogP contribution in [0.5, 0.6) is 0 Å². The van der Waals surface area contributed by atoms with E-state index in [0.717, 1.165) is 19.4 Å². The predicted molar refractivity (Wildman–Crippen MR) is 86.3 cm³/mol. The summed E-state index contributed by atoms with van der Waals surface area (Å²) in [4.78, 5) is 11.8. The minimum absolute atomic E-state index is 0.115. The Bertz CT molecular complexity index is 642. The largest absolute Gasteiger partial charge is 0.462 e. The number of carbonyl (C=O) groups excluding carboxylic acids is 1. The number of piperidine rings is 1. The minimum atomic E-state index is -3.63. The number of rotatable bonds is 5. The van der Waals surface area contributed by atoms with Gasteiger partial charge in [0.25, 0.3) is 0 Å². The molecule has 122 valence electrons. The van der Waals surface area contributed by atoms with Crippen molar-refractivity contribution in [3.8, 4) is 0 Å². The summed E-state index contributed by atoms with van der Waals surface area (Å²) in [6.07, 6.45) is 1.75. The highest BCUT2D eigenvalue weighted by atomic mass is 79.9. The van der Waals surface area contributed by atoms with E-state index in [1.54, 1.807) is 6.92 Å². The summed E-state index contributed by atoms with van der Waals surface area (Å²) in [5.74, 6) is -0.475. The summed E-state index contributed by atoms with van der Waals surface area (Å²) in [5, 5.41) is 3.16. The summed E-state index contributed by atoms with van der Waals surface area (Å²) in [6, 6.07) is 4.22. The zero-order valence-electron chi connectivity index (χ0n) is 12.3. The summed E-state index contributed by atoms with van der Waals surface area (Å²) in [7, 11) is -3.63. The number of benzene rings is 1. The van der Waals surface area contributed by atoms with E-state index in [4.69, 9.17) is 4.74 Å². The predicted octanol–water partition coefficient (Wildman–Crippen LogP) is 1.66. The van der Waals surface area contributed by atoms with Crippen LogP contribution in [-0.4, -0.2) is 40.1 Å². The summed E-state index contributed by atoms with van der Waals surface area (Å²) >= 11 is 3.22. The van der Waals surface area contributed by atoms with Gasteiger partial charge in [-0.05, 0) is 60.4 Å². The number of carbonyl (C=O) groups is 1. The van der Waals surface area contributed by atoms with Crippen LogP contribution in [0.3, 0.4) is 0 Å². The molecule has 0 radical (unpaired) electrons. The number of halogens is 1.